The molecule has 0 saturated heterocycles. The molecule has 4 N–H and O–H groups in total. The van der Waals surface area contributed by atoms with Crippen LogP contribution >= 0.6 is 0 Å². The predicted octanol–water partition coefficient (Wildman–Crippen LogP) is 0.955. The lowest BCUT2D eigenvalue weighted by Crippen LogP contribution is -2.37. The van der Waals surface area contributed by atoms with Crippen LogP contribution in [-0.2, 0) is 0 Å². The van der Waals surface area contributed by atoms with Crippen molar-refractivity contribution in [1.29, 1.82) is 0 Å². The van der Waals surface area contributed by atoms with E-state index >= 15 is 0 Å². The topological polar surface area (TPSA) is 93.2 Å². The second-order valence-electron chi connectivity index (χ2n) is 4.50. The Morgan fingerprint density at radius 2 is 2.10 bits per heavy atom. The van der Waals surface area contributed by atoms with Gasteiger partial charge in [-0.05, 0) is 36.8 Å². The number of carbonyl (C=O) groups is 1. The van der Waals surface area contributed by atoms with Crippen molar-refractivity contribution in [1.82, 2.24) is 15.1 Å². The fourth-order valence-electron chi connectivity index (χ4n) is 1.75. The van der Waals surface area contributed by atoms with E-state index in [2.05, 4.69) is 10.4 Å². The number of amides is 1. The number of carbonyl (C=O) groups excluding carboxylic acids is 1. The minimum Gasteiger partial charge on any atom is -0.399 e. The second kappa shape index (κ2) is 6.21. The summed E-state index contributed by atoms with van der Waals surface area (Å²) in [5.74, 6) is -0.292. The highest BCUT2D eigenvalue weighted by Crippen LogP contribution is 2.10. The van der Waals surface area contributed by atoms with Crippen LogP contribution in [0.3, 0.4) is 0 Å². The van der Waals surface area contributed by atoms with E-state index in [1.165, 1.54) is 0 Å². The van der Waals surface area contributed by atoms with E-state index in [9.17, 15) is 4.79 Å². The molecular formula is C14H18N4O2. The van der Waals surface area contributed by atoms with Crippen LogP contribution in [0.1, 0.15) is 23.8 Å². The zero-order valence-electron chi connectivity index (χ0n) is 11.3. The minimum atomic E-state index is -0.292. The van der Waals surface area contributed by atoms with Gasteiger partial charge in [-0.15, -0.1) is 0 Å². The molecule has 0 aliphatic heterocycles. The van der Waals surface area contributed by atoms with Crippen molar-refractivity contribution in [2.24, 2.45) is 0 Å². The number of hydrogen-bond acceptors (Lipinski definition) is 4. The fourth-order valence-corrected chi connectivity index (χ4v) is 1.75. The number of aromatic nitrogens is 2. The number of nitrogens with zero attached hydrogens (tertiary/aromatic N) is 2. The van der Waals surface area contributed by atoms with Gasteiger partial charge in [-0.1, -0.05) is 6.92 Å². The van der Waals surface area contributed by atoms with Gasteiger partial charge in [0.1, 0.15) is 0 Å². The zero-order chi connectivity index (χ0) is 14.5. The molecule has 1 heterocycles. The van der Waals surface area contributed by atoms with Crippen LogP contribution in [-0.4, -0.2) is 33.4 Å². The van der Waals surface area contributed by atoms with Gasteiger partial charge >= 0.3 is 0 Å². The number of anilines is 1. The Bertz CT molecular complexity index is 573. The van der Waals surface area contributed by atoms with Crippen LogP contribution in [0.2, 0.25) is 0 Å². The first kappa shape index (κ1) is 14.1. The summed E-state index contributed by atoms with van der Waals surface area (Å²) in [6, 6.07) is 8.59. The standard InChI is InChI=1S/C14H18N4O2/c1-2-11(9-19)16-14(20)13-7-8-18(17-13)12-5-3-10(15)4-6-12/h3-8,11,19H,2,9,15H2,1H3,(H,16,20)/t11-/m1/s1. The van der Waals surface area contributed by atoms with Crippen molar-refractivity contribution in [2.75, 3.05) is 12.3 Å². The maximum atomic E-state index is 12.0. The average Bonchev–Trinajstić information content (AvgIpc) is 2.95. The number of nitrogens with one attached hydrogen (secondary N) is 1. The molecule has 0 saturated carbocycles. The van der Waals surface area contributed by atoms with Crippen molar-refractivity contribution in [3.63, 3.8) is 0 Å². The number of nitrogens with two attached hydrogens (primary N) is 1. The summed E-state index contributed by atoms with van der Waals surface area (Å²) in [6.07, 6.45) is 2.38. The quantitative estimate of drug-likeness (QED) is 0.708. The van der Waals surface area contributed by atoms with Crippen molar-refractivity contribution in [2.45, 2.75) is 19.4 Å². The molecule has 0 spiro atoms. The van der Waals surface area contributed by atoms with E-state index in [1.54, 1.807) is 29.1 Å². The molecular weight excluding hydrogens is 256 g/mol. The maximum Gasteiger partial charge on any atom is 0.272 e. The summed E-state index contributed by atoms with van der Waals surface area (Å²) in [4.78, 5) is 12.0. The smallest absolute Gasteiger partial charge is 0.272 e. The molecule has 2 rings (SSSR count). The first-order chi connectivity index (χ1) is 9.63. The third-order valence-corrected chi connectivity index (χ3v) is 3.03. The lowest BCUT2D eigenvalue weighted by atomic mass is 10.2. The number of nitrogen functional groups attached to an aromatic ring is 1. The molecule has 6 nitrogen and oxygen atoms in total. The molecule has 0 aliphatic carbocycles. The Hall–Kier alpha value is -2.34. The highest BCUT2D eigenvalue weighted by molar-refractivity contribution is 5.92. The Labute approximate surface area is 117 Å². The molecule has 2 aromatic rings. The normalized spacial score (nSPS) is 12.1. The SMILES string of the molecule is CC[C@H](CO)NC(=O)c1ccn(-c2ccc(N)cc2)n1. The summed E-state index contributed by atoms with van der Waals surface area (Å²) < 4.78 is 1.61. The molecule has 0 aliphatic rings. The Morgan fingerprint density at radius 1 is 1.40 bits per heavy atom. The monoisotopic (exact) mass is 274 g/mol. The van der Waals surface area contributed by atoms with Gasteiger partial charge in [0.15, 0.2) is 5.69 Å². The van der Waals surface area contributed by atoms with Gasteiger partial charge in [0.2, 0.25) is 0 Å². The second-order valence-corrected chi connectivity index (χ2v) is 4.50. The van der Waals surface area contributed by atoms with Crippen LogP contribution < -0.4 is 11.1 Å². The van der Waals surface area contributed by atoms with Gasteiger partial charge in [0.05, 0.1) is 18.3 Å². The molecule has 106 valence electrons. The van der Waals surface area contributed by atoms with Gasteiger partial charge < -0.3 is 16.2 Å². The third kappa shape index (κ3) is 3.16. The van der Waals surface area contributed by atoms with Crippen molar-refractivity contribution in [3.05, 3.63) is 42.2 Å². The van der Waals surface area contributed by atoms with Gasteiger partial charge in [-0.3, -0.25) is 4.79 Å². The lowest BCUT2D eigenvalue weighted by molar-refractivity contribution is 0.0909. The lowest BCUT2D eigenvalue weighted by Gasteiger charge is -2.12. The zero-order valence-corrected chi connectivity index (χ0v) is 11.3. The molecule has 0 fully saturated rings. The number of rotatable bonds is 5. The third-order valence-electron chi connectivity index (χ3n) is 3.03. The van der Waals surface area contributed by atoms with Crippen molar-refractivity contribution >= 4 is 11.6 Å². The van der Waals surface area contributed by atoms with Crippen LogP contribution in [0.15, 0.2) is 36.5 Å². The number of aliphatic hydroxyl groups excluding tert-OH is 1. The van der Waals surface area contributed by atoms with Crippen molar-refractivity contribution in [3.8, 4) is 5.69 Å². The molecule has 1 amide bonds. The largest absolute Gasteiger partial charge is 0.399 e. The molecule has 1 aromatic heterocycles. The van der Waals surface area contributed by atoms with Crippen LogP contribution in [0, 0.1) is 0 Å². The van der Waals surface area contributed by atoms with E-state index in [-0.39, 0.29) is 18.6 Å². The highest BCUT2D eigenvalue weighted by Gasteiger charge is 2.14. The van der Waals surface area contributed by atoms with E-state index in [0.717, 1.165) is 5.69 Å². The van der Waals surface area contributed by atoms with E-state index in [1.807, 2.05) is 19.1 Å². The summed E-state index contributed by atoms with van der Waals surface area (Å²) in [5, 5.41) is 16.0. The first-order valence-electron chi connectivity index (χ1n) is 6.47. The van der Waals surface area contributed by atoms with Gasteiger partial charge in [-0.25, -0.2) is 4.68 Å². The van der Waals surface area contributed by atoms with Crippen LogP contribution in [0.4, 0.5) is 5.69 Å². The molecule has 0 unspecified atom stereocenters. The Kier molecular flexibility index (Phi) is 4.37. The van der Waals surface area contributed by atoms with Gasteiger partial charge in [-0.2, -0.15) is 5.10 Å². The predicted molar refractivity (Wildman–Crippen MR) is 76.6 cm³/mol. The summed E-state index contributed by atoms with van der Waals surface area (Å²) in [6.45, 7) is 1.81. The first-order valence-corrected chi connectivity index (χ1v) is 6.47. The molecule has 1 atom stereocenters. The maximum absolute atomic E-state index is 12.0. The summed E-state index contributed by atoms with van der Waals surface area (Å²) >= 11 is 0. The summed E-state index contributed by atoms with van der Waals surface area (Å²) in [7, 11) is 0. The molecule has 0 bridgehead atoms. The van der Waals surface area contributed by atoms with Crippen LogP contribution in [0.5, 0.6) is 0 Å². The van der Waals surface area contributed by atoms with Crippen LogP contribution in [0.25, 0.3) is 5.69 Å². The van der Waals surface area contributed by atoms with E-state index < -0.39 is 0 Å². The minimum absolute atomic E-state index is 0.0824. The van der Waals surface area contributed by atoms with Gasteiger partial charge in [0.25, 0.3) is 5.91 Å². The summed E-state index contributed by atoms with van der Waals surface area (Å²) in [5.41, 5.74) is 7.44. The van der Waals surface area contributed by atoms with E-state index in [0.29, 0.717) is 17.8 Å². The fraction of sp³-hybridized carbons (Fsp3) is 0.286. The molecule has 6 heteroatoms. The average molecular weight is 274 g/mol. The highest BCUT2D eigenvalue weighted by atomic mass is 16.3. The molecule has 1 aromatic carbocycles. The van der Waals surface area contributed by atoms with Crippen molar-refractivity contribution < 1.29 is 9.90 Å². The Morgan fingerprint density at radius 3 is 2.70 bits per heavy atom. The number of hydrogen-bond donors (Lipinski definition) is 3. The number of aliphatic hydroxyl groups is 1. The molecule has 0 radical (unpaired) electrons. The van der Waals surface area contributed by atoms with E-state index in [4.69, 9.17) is 10.8 Å². The van der Waals surface area contributed by atoms with Gasteiger partial charge in [0, 0.05) is 11.9 Å². The molecule has 20 heavy (non-hydrogen) atoms. The number of benzene rings is 1. The Balaban J connectivity index is 2.12.